The van der Waals surface area contributed by atoms with Gasteiger partial charge in [-0.3, -0.25) is 0 Å². The van der Waals surface area contributed by atoms with Crippen molar-refractivity contribution in [2.24, 2.45) is 0 Å². The molecule has 4 heteroatoms. The Balaban J connectivity index is 2.76. The molecule has 1 heterocycles. The van der Waals surface area contributed by atoms with E-state index in [2.05, 4.69) is 29.5 Å². The van der Waals surface area contributed by atoms with Crippen LogP contribution in [0.5, 0.6) is 0 Å². The molecule has 1 N–H and O–H groups in total. The van der Waals surface area contributed by atoms with Gasteiger partial charge in [0.25, 0.3) is 0 Å². The number of rotatable bonds is 7. The van der Waals surface area contributed by atoms with E-state index in [1.54, 1.807) is 18.4 Å². The standard InChI is InChI=1S/C12H22N2OS/c1-5-7-13-12(3,6-8-15-4)11-14-10(2)9-16-11/h9,13H,5-8H2,1-4H3. The summed E-state index contributed by atoms with van der Waals surface area (Å²) in [5.41, 5.74) is 1.05. The summed E-state index contributed by atoms with van der Waals surface area (Å²) in [5.74, 6) is 0. The van der Waals surface area contributed by atoms with Gasteiger partial charge in [-0.2, -0.15) is 0 Å². The van der Waals surface area contributed by atoms with Crippen LogP contribution in [0.15, 0.2) is 5.38 Å². The summed E-state index contributed by atoms with van der Waals surface area (Å²) in [6.45, 7) is 8.19. The molecule has 3 nitrogen and oxygen atoms in total. The molecule has 92 valence electrons. The molecule has 1 rings (SSSR count). The van der Waals surface area contributed by atoms with E-state index in [1.807, 2.05) is 6.92 Å². The summed E-state index contributed by atoms with van der Waals surface area (Å²) in [6.07, 6.45) is 2.09. The maximum atomic E-state index is 5.18. The molecular weight excluding hydrogens is 220 g/mol. The molecule has 1 unspecified atom stereocenters. The van der Waals surface area contributed by atoms with Crippen LogP contribution >= 0.6 is 11.3 Å². The van der Waals surface area contributed by atoms with Crippen LogP contribution in [0.3, 0.4) is 0 Å². The Bertz CT molecular complexity index is 304. The number of ether oxygens (including phenoxy) is 1. The molecule has 16 heavy (non-hydrogen) atoms. The lowest BCUT2D eigenvalue weighted by molar-refractivity contribution is 0.159. The van der Waals surface area contributed by atoms with E-state index in [1.165, 1.54) is 0 Å². The number of hydrogen-bond acceptors (Lipinski definition) is 4. The van der Waals surface area contributed by atoms with Crippen molar-refractivity contribution in [3.63, 3.8) is 0 Å². The highest BCUT2D eigenvalue weighted by molar-refractivity contribution is 7.09. The predicted octanol–water partition coefficient (Wildman–Crippen LogP) is 2.70. The average Bonchev–Trinajstić information content (AvgIpc) is 2.71. The van der Waals surface area contributed by atoms with Crippen molar-refractivity contribution in [3.8, 4) is 0 Å². The number of methoxy groups -OCH3 is 1. The maximum Gasteiger partial charge on any atom is 0.113 e. The first-order chi connectivity index (χ1) is 7.62. The highest BCUT2D eigenvalue weighted by Crippen LogP contribution is 2.27. The van der Waals surface area contributed by atoms with Crippen molar-refractivity contribution in [1.29, 1.82) is 0 Å². The average molecular weight is 242 g/mol. The highest BCUT2D eigenvalue weighted by atomic mass is 32.1. The molecular formula is C12H22N2OS. The first kappa shape index (κ1) is 13.6. The van der Waals surface area contributed by atoms with Crippen LogP contribution in [-0.2, 0) is 10.3 Å². The van der Waals surface area contributed by atoms with E-state index in [4.69, 9.17) is 4.74 Å². The smallest absolute Gasteiger partial charge is 0.113 e. The topological polar surface area (TPSA) is 34.1 Å². The summed E-state index contributed by atoms with van der Waals surface area (Å²) in [7, 11) is 1.74. The monoisotopic (exact) mass is 242 g/mol. The zero-order chi connectivity index (χ0) is 12.0. The van der Waals surface area contributed by atoms with E-state index >= 15 is 0 Å². The Morgan fingerprint density at radius 2 is 2.31 bits per heavy atom. The van der Waals surface area contributed by atoms with Gasteiger partial charge in [-0.1, -0.05) is 6.92 Å². The minimum Gasteiger partial charge on any atom is -0.385 e. The zero-order valence-corrected chi connectivity index (χ0v) is 11.5. The molecule has 1 aromatic rings. The van der Waals surface area contributed by atoms with Crippen molar-refractivity contribution in [1.82, 2.24) is 10.3 Å². The van der Waals surface area contributed by atoms with Gasteiger partial charge in [0, 0.05) is 24.8 Å². The van der Waals surface area contributed by atoms with Crippen molar-refractivity contribution in [2.45, 2.75) is 39.2 Å². The number of hydrogen-bond donors (Lipinski definition) is 1. The summed E-state index contributed by atoms with van der Waals surface area (Å²) in [5, 5.41) is 6.85. The largest absolute Gasteiger partial charge is 0.385 e. The van der Waals surface area contributed by atoms with Crippen molar-refractivity contribution < 1.29 is 4.74 Å². The van der Waals surface area contributed by atoms with Crippen molar-refractivity contribution in [3.05, 3.63) is 16.1 Å². The predicted molar refractivity (Wildman–Crippen MR) is 69.0 cm³/mol. The van der Waals surface area contributed by atoms with Crippen molar-refractivity contribution in [2.75, 3.05) is 20.3 Å². The SMILES string of the molecule is CCCNC(C)(CCOC)c1nc(C)cs1. The second-order valence-corrected chi connectivity index (χ2v) is 5.15. The summed E-state index contributed by atoms with van der Waals surface area (Å²) < 4.78 is 5.18. The van der Waals surface area contributed by atoms with Gasteiger partial charge in [0.15, 0.2) is 0 Å². The molecule has 0 radical (unpaired) electrons. The zero-order valence-electron chi connectivity index (χ0n) is 10.7. The molecule has 0 aromatic carbocycles. The first-order valence-corrected chi connectivity index (χ1v) is 6.67. The van der Waals surface area contributed by atoms with Gasteiger partial charge < -0.3 is 10.1 Å². The molecule has 0 fully saturated rings. The van der Waals surface area contributed by atoms with Gasteiger partial charge in [0.1, 0.15) is 5.01 Å². The van der Waals surface area contributed by atoms with E-state index in [0.717, 1.165) is 36.7 Å². The van der Waals surface area contributed by atoms with Crippen LogP contribution in [0.2, 0.25) is 0 Å². The van der Waals surface area contributed by atoms with Crippen LogP contribution in [0, 0.1) is 6.92 Å². The fourth-order valence-electron chi connectivity index (χ4n) is 1.59. The number of nitrogens with one attached hydrogen (secondary N) is 1. The summed E-state index contributed by atoms with van der Waals surface area (Å²) in [6, 6.07) is 0. The van der Waals surface area contributed by atoms with Gasteiger partial charge >= 0.3 is 0 Å². The third kappa shape index (κ3) is 3.54. The normalized spacial score (nSPS) is 15.0. The summed E-state index contributed by atoms with van der Waals surface area (Å²) in [4.78, 5) is 4.59. The van der Waals surface area contributed by atoms with E-state index < -0.39 is 0 Å². The Kier molecular flexibility index (Phi) is 5.38. The number of aromatic nitrogens is 1. The quantitative estimate of drug-likeness (QED) is 0.798. The lowest BCUT2D eigenvalue weighted by atomic mass is 9.99. The number of nitrogens with zero attached hydrogens (tertiary/aromatic N) is 1. The second kappa shape index (κ2) is 6.33. The Hall–Kier alpha value is -0.450. The third-order valence-electron chi connectivity index (χ3n) is 2.66. The van der Waals surface area contributed by atoms with Crippen molar-refractivity contribution >= 4 is 11.3 Å². The fourth-order valence-corrected chi connectivity index (χ4v) is 2.55. The molecule has 0 amide bonds. The van der Waals surface area contributed by atoms with Crippen LogP contribution in [0.4, 0.5) is 0 Å². The molecule has 1 atom stereocenters. The molecule has 1 aromatic heterocycles. The van der Waals surface area contributed by atoms with Crippen LogP contribution in [0.1, 0.15) is 37.4 Å². The minimum atomic E-state index is -0.0506. The Labute approximate surface area is 102 Å². The molecule has 0 bridgehead atoms. The second-order valence-electron chi connectivity index (χ2n) is 4.30. The molecule has 0 aliphatic heterocycles. The van der Waals surface area contributed by atoms with Gasteiger partial charge in [-0.15, -0.1) is 11.3 Å². The molecule has 0 aliphatic rings. The van der Waals surface area contributed by atoms with E-state index in [-0.39, 0.29) is 5.54 Å². The molecule has 0 saturated heterocycles. The summed E-state index contributed by atoms with van der Waals surface area (Å²) >= 11 is 1.73. The number of thiazole rings is 1. The van der Waals surface area contributed by atoms with Gasteiger partial charge in [-0.25, -0.2) is 4.98 Å². The van der Waals surface area contributed by atoms with E-state index in [0.29, 0.717) is 0 Å². The Morgan fingerprint density at radius 1 is 1.56 bits per heavy atom. The van der Waals surface area contributed by atoms with E-state index in [9.17, 15) is 0 Å². The Morgan fingerprint density at radius 3 is 2.81 bits per heavy atom. The lowest BCUT2D eigenvalue weighted by Crippen LogP contribution is -2.41. The minimum absolute atomic E-state index is 0.0506. The molecule has 0 aliphatic carbocycles. The van der Waals surface area contributed by atoms with Crippen LogP contribution < -0.4 is 5.32 Å². The van der Waals surface area contributed by atoms with Gasteiger partial charge in [-0.05, 0) is 33.2 Å². The molecule has 0 saturated carbocycles. The van der Waals surface area contributed by atoms with Crippen LogP contribution in [0.25, 0.3) is 0 Å². The van der Waals surface area contributed by atoms with Crippen LogP contribution in [-0.4, -0.2) is 25.2 Å². The third-order valence-corrected chi connectivity index (χ3v) is 3.89. The highest BCUT2D eigenvalue weighted by Gasteiger charge is 2.28. The number of aryl methyl sites for hydroxylation is 1. The fraction of sp³-hybridized carbons (Fsp3) is 0.750. The van der Waals surface area contributed by atoms with Gasteiger partial charge in [0.2, 0.25) is 0 Å². The van der Waals surface area contributed by atoms with Gasteiger partial charge in [0.05, 0.1) is 5.54 Å². The maximum absolute atomic E-state index is 5.18. The lowest BCUT2D eigenvalue weighted by Gasteiger charge is -2.28. The first-order valence-electron chi connectivity index (χ1n) is 5.79. The molecule has 0 spiro atoms.